The molecule has 0 radical (unpaired) electrons. The molecule has 1 atom stereocenters. The number of nitrogens with zero attached hydrogens (tertiary/aromatic N) is 5. The monoisotopic (exact) mass is 371 g/mol. The molecule has 0 saturated carbocycles. The van der Waals surface area contributed by atoms with Gasteiger partial charge in [0.05, 0.1) is 10.7 Å². The molecule has 136 valence electrons. The van der Waals surface area contributed by atoms with Crippen LogP contribution in [0.1, 0.15) is 36.8 Å². The van der Waals surface area contributed by atoms with Crippen molar-refractivity contribution < 1.29 is 0 Å². The van der Waals surface area contributed by atoms with Gasteiger partial charge in [-0.15, -0.1) is 0 Å². The van der Waals surface area contributed by atoms with Crippen LogP contribution < -0.4 is 5.32 Å². The molecule has 0 bridgehead atoms. The van der Waals surface area contributed by atoms with E-state index >= 15 is 0 Å². The van der Waals surface area contributed by atoms with Crippen molar-refractivity contribution >= 4 is 29.3 Å². The van der Waals surface area contributed by atoms with Crippen molar-refractivity contribution in [1.29, 1.82) is 5.41 Å². The van der Waals surface area contributed by atoms with Crippen LogP contribution in [-0.2, 0) is 12.8 Å². The topological polar surface area (TPSA) is 91.9 Å². The second-order valence-electron chi connectivity index (χ2n) is 6.17. The minimum absolute atomic E-state index is 0.0329. The Morgan fingerprint density at radius 3 is 2.96 bits per heavy atom. The van der Waals surface area contributed by atoms with E-state index in [1.807, 2.05) is 6.92 Å². The Morgan fingerprint density at radius 1 is 1.38 bits per heavy atom. The predicted octanol–water partition coefficient (Wildman–Crippen LogP) is 3.50. The maximum Gasteiger partial charge on any atom is 0.162 e. The van der Waals surface area contributed by atoms with Crippen LogP contribution in [0, 0.1) is 12.3 Å². The van der Waals surface area contributed by atoms with E-state index in [0.29, 0.717) is 23.7 Å². The van der Waals surface area contributed by atoms with E-state index in [2.05, 4.69) is 32.3 Å². The van der Waals surface area contributed by atoms with Gasteiger partial charge in [0.2, 0.25) is 0 Å². The zero-order valence-corrected chi connectivity index (χ0v) is 15.7. The molecule has 3 rings (SSSR count). The summed E-state index contributed by atoms with van der Waals surface area (Å²) in [4.78, 5) is 13.5. The first-order chi connectivity index (χ1) is 12.6. The number of halogens is 1. The zero-order chi connectivity index (χ0) is 18.5. The third-order valence-corrected chi connectivity index (χ3v) is 4.42. The third-order valence-electron chi connectivity index (χ3n) is 4.12. The number of rotatable bonds is 8. The Morgan fingerprint density at radius 2 is 2.23 bits per heavy atom. The largest absolute Gasteiger partial charge is 0.365 e. The van der Waals surface area contributed by atoms with E-state index < -0.39 is 0 Å². The summed E-state index contributed by atoms with van der Waals surface area (Å²) in [5.41, 5.74) is 2.94. The molecular formula is C18H22ClN7. The quantitative estimate of drug-likeness (QED) is 0.591. The molecule has 3 aromatic heterocycles. The lowest BCUT2D eigenvalue weighted by atomic mass is 10.0. The lowest BCUT2D eigenvalue weighted by Crippen LogP contribution is -2.25. The van der Waals surface area contributed by atoms with Crippen molar-refractivity contribution in [2.75, 3.05) is 5.32 Å². The van der Waals surface area contributed by atoms with E-state index in [1.54, 1.807) is 29.2 Å². The van der Waals surface area contributed by atoms with Crippen LogP contribution in [0.2, 0.25) is 5.02 Å². The molecule has 0 saturated heterocycles. The van der Waals surface area contributed by atoms with Gasteiger partial charge in [-0.05, 0) is 31.7 Å². The van der Waals surface area contributed by atoms with Gasteiger partial charge in [-0.2, -0.15) is 5.10 Å². The highest BCUT2D eigenvalue weighted by Crippen LogP contribution is 2.22. The molecule has 26 heavy (non-hydrogen) atoms. The van der Waals surface area contributed by atoms with Crippen LogP contribution in [0.3, 0.4) is 0 Å². The summed E-state index contributed by atoms with van der Waals surface area (Å²) < 4.78 is 1.73. The second-order valence-corrected chi connectivity index (χ2v) is 6.57. The molecular weight excluding hydrogens is 350 g/mol. The minimum Gasteiger partial charge on any atom is -0.365 e. The average molecular weight is 372 g/mol. The molecule has 0 amide bonds. The fourth-order valence-electron chi connectivity index (χ4n) is 2.98. The predicted molar refractivity (Wildman–Crippen MR) is 103 cm³/mol. The highest BCUT2D eigenvalue weighted by molar-refractivity contribution is 6.32. The maximum absolute atomic E-state index is 7.52. The van der Waals surface area contributed by atoms with Gasteiger partial charge in [0.25, 0.3) is 0 Å². The van der Waals surface area contributed by atoms with E-state index in [0.717, 1.165) is 35.6 Å². The number of nitrogens with one attached hydrogen (secondary N) is 2. The van der Waals surface area contributed by atoms with Gasteiger partial charge in [-0.3, -0.25) is 0 Å². The normalized spacial score (nSPS) is 12.3. The Hall–Kier alpha value is -2.54. The number of fused-ring (bicyclic) bond motifs is 1. The first kappa shape index (κ1) is 18.3. The Kier molecular flexibility index (Phi) is 5.78. The van der Waals surface area contributed by atoms with Crippen LogP contribution in [0.4, 0.5) is 5.82 Å². The van der Waals surface area contributed by atoms with Gasteiger partial charge in [0, 0.05) is 30.6 Å². The Labute approximate surface area is 157 Å². The third kappa shape index (κ3) is 3.99. The van der Waals surface area contributed by atoms with Crippen molar-refractivity contribution in [3.05, 3.63) is 46.8 Å². The maximum atomic E-state index is 7.52. The second kappa shape index (κ2) is 8.23. The van der Waals surface area contributed by atoms with E-state index in [1.165, 1.54) is 6.21 Å². The minimum atomic E-state index is -0.0329. The molecule has 1 unspecified atom stereocenters. The summed E-state index contributed by atoms with van der Waals surface area (Å²) in [6.07, 6.45) is 7.88. The first-order valence-electron chi connectivity index (χ1n) is 8.68. The van der Waals surface area contributed by atoms with E-state index in [-0.39, 0.29) is 6.04 Å². The van der Waals surface area contributed by atoms with Crippen LogP contribution in [0.5, 0.6) is 0 Å². The Bertz CT molecular complexity index is 906. The van der Waals surface area contributed by atoms with Crippen molar-refractivity contribution in [3.63, 3.8) is 0 Å². The first-order valence-corrected chi connectivity index (χ1v) is 9.05. The number of hydrogen-bond donors (Lipinski definition) is 2. The number of hydrogen-bond acceptors (Lipinski definition) is 6. The SMILES string of the molecule is CCCc1c(CC(CC=N)Nc2ncccc2Cl)ncn2nc(C)nc12. The van der Waals surface area contributed by atoms with Gasteiger partial charge in [0.1, 0.15) is 18.0 Å². The van der Waals surface area contributed by atoms with E-state index in [9.17, 15) is 0 Å². The summed E-state index contributed by atoms with van der Waals surface area (Å²) in [5, 5.41) is 15.8. The molecule has 3 heterocycles. The molecule has 0 aliphatic carbocycles. The summed E-state index contributed by atoms with van der Waals surface area (Å²) in [5.74, 6) is 1.35. The van der Waals surface area contributed by atoms with Crippen molar-refractivity contribution in [2.45, 2.75) is 45.6 Å². The standard InChI is InChI=1S/C18H22ClN7/c1-3-5-14-16(22-11-26-18(14)23-12(2)25-26)10-13(7-8-20)24-17-15(19)6-4-9-21-17/h4,6,8-9,11,13,20H,3,5,7,10H2,1-2H3,(H,21,24). The van der Waals surface area contributed by atoms with Crippen LogP contribution in [0.25, 0.3) is 5.65 Å². The summed E-state index contributed by atoms with van der Waals surface area (Å²) in [7, 11) is 0. The van der Waals surface area contributed by atoms with Crippen LogP contribution in [-0.4, -0.2) is 36.8 Å². The fraction of sp³-hybridized carbons (Fsp3) is 0.389. The molecule has 7 nitrogen and oxygen atoms in total. The molecule has 0 aliphatic rings. The summed E-state index contributed by atoms with van der Waals surface area (Å²) in [6.45, 7) is 4.02. The number of aryl methyl sites for hydroxylation is 2. The number of aromatic nitrogens is 5. The fourth-order valence-corrected chi connectivity index (χ4v) is 3.16. The lowest BCUT2D eigenvalue weighted by Gasteiger charge is -2.19. The van der Waals surface area contributed by atoms with Gasteiger partial charge in [0.15, 0.2) is 5.65 Å². The molecule has 0 fully saturated rings. The van der Waals surface area contributed by atoms with Gasteiger partial charge >= 0.3 is 0 Å². The number of anilines is 1. The highest BCUT2D eigenvalue weighted by Gasteiger charge is 2.17. The highest BCUT2D eigenvalue weighted by atomic mass is 35.5. The summed E-state index contributed by atoms with van der Waals surface area (Å²) >= 11 is 6.21. The number of pyridine rings is 1. The average Bonchev–Trinajstić information content (AvgIpc) is 3.00. The smallest absolute Gasteiger partial charge is 0.162 e. The van der Waals surface area contributed by atoms with Crippen molar-refractivity contribution in [2.24, 2.45) is 0 Å². The van der Waals surface area contributed by atoms with Crippen molar-refractivity contribution in [3.8, 4) is 0 Å². The molecule has 0 aromatic carbocycles. The van der Waals surface area contributed by atoms with Gasteiger partial charge < -0.3 is 10.7 Å². The molecule has 3 aromatic rings. The van der Waals surface area contributed by atoms with Crippen LogP contribution >= 0.6 is 11.6 Å². The van der Waals surface area contributed by atoms with Crippen LogP contribution in [0.15, 0.2) is 24.7 Å². The Balaban J connectivity index is 1.92. The molecule has 8 heteroatoms. The molecule has 0 aliphatic heterocycles. The molecule has 2 N–H and O–H groups in total. The zero-order valence-electron chi connectivity index (χ0n) is 14.9. The van der Waals surface area contributed by atoms with Gasteiger partial charge in [-0.25, -0.2) is 19.5 Å². The molecule has 0 spiro atoms. The van der Waals surface area contributed by atoms with E-state index in [4.69, 9.17) is 17.0 Å². The van der Waals surface area contributed by atoms with Gasteiger partial charge in [-0.1, -0.05) is 24.9 Å². The van der Waals surface area contributed by atoms with Crippen molar-refractivity contribution in [1.82, 2.24) is 24.6 Å². The summed E-state index contributed by atoms with van der Waals surface area (Å²) in [6, 6.07) is 3.56. The lowest BCUT2D eigenvalue weighted by molar-refractivity contribution is 0.709.